The van der Waals surface area contributed by atoms with Gasteiger partial charge in [-0.15, -0.1) is 0 Å². The van der Waals surface area contributed by atoms with Crippen LogP contribution in [0, 0.1) is 0 Å². The number of carbonyl (C=O) groups excluding carboxylic acids is 1. The van der Waals surface area contributed by atoms with E-state index in [0.29, 0.717) is 6.54 Å². The second-order valence-electron chi connectivity index (χ2n) is 1.97. The molecule has 0 aromatic rings. The lowest BCUT2D eigenvalue weighted by atomic mass is 10.4. The van der Waals surface area contributed by atoms with E-state index >= 15 is 0 Å². The molecule has 9 heavy (non-hydrogen) atoms. The van der Waals surface area contributed by atoms with E-state index < -0.39 is 6.10 Å². The van der Waals surface area contributed by atoms with Crippen molar-refractivity contribution in [2.75, 3.05) is 6.54 Å². The lowest BCUT2D eigenvalue weighted by Gasteiger charge is -2.03. The maximum absolute atomic E-state index is 10.5. The second-order valence-corrected chi connectivity index (χ2v) is 1.97. The standard InChI is InChI=1S/C6H13NO2/c1-3-4-7-6(9)5(2)8/h5,8H,3-4H2,1-2H3,(H,7,9)/t5-/m0/s1. The molecule has 0 fully saturated rings. The van der Waals surface area contributed by atoms with E-state index in [1.165, 1.54) is 6.92 Å². The Morgan fingerprint density at radius 3 is 2.67 bits per heavy atom. The molecule has 0 unspecified atom stereocenters. The van der Waals surface area contributed by atoms with Gasteiger partial charge in [0.15, 0.2) is 0 Å². The van der Waals surface area contributed by atoms with Crippen LogP contribution in [-0.4, -0.2) is 23.7 Å². The third kappa shape index (κ3) is 3.97. The van der Waals surface area contributed by atoms with Crippen molar-refractivity contribution in [3.63, 3.8) is 0 Å². The van der Waals surface area contributed by atoms with Gasteiger partial charge in [-0.3, -0.25) is 4.79 Å². The molecule has 0 aromatic carbocycles. The van der Waals surface area contributed by atoms with Crippen LogP contribution in [0.4, 0.5) is 0 Å². The van der Waals surface area contributed by atoms with Crippen LogP contribution in [0.2, 0.25) is 0 Å². The zero-order valence-corrected chi connectivity index (χ0v) is 5.85. The Morgan fingerprint density at radius 1 is 1.78 bits per heavy atom. The maximum Gasteiger partial charge on any atom is 0.248 e. The molecule has 0 heterocycles. The lowest BCUT2D eigenvalue weighted by molar-refractivity contribution is -0.128. The first kappa shape index (κ1) is 8.43. The van der Waals surface area contributed by atoms with Gasteiger partial charge in [-0.05, 0) is 13.3 Å². The van der Waals surface area contributed by atoms with E-state index in [9.17, 15) is 4.79 Å². The highest BCUT2D eigenvalue weighted by atomic mass is 16.3. The fourth-order valence-corrected chi connectivity index (χ4v) is 0.396. The van der Waals surface area contributed by atoms with Crippen molar-refractivity contribution in [1.29, 1.82) is 0 Å². The summed E-state index contributed by atoms with van der Waals surface area (Å²) in [5.41, 5.74) is 0. The van der Waals surface area contributed by atoms with Crippen LogP contribution in [0.25, 0.3) is 0 Å². The predicted octanol–water partition coefficient (Wildman–Crippen LogP) is -0.107. The molecule has 0 saturated heterocycles. The Balaban J connectivity index is 3.28. The van der Waals surface area contributed by atoms with Gasteiger partial charge in [0.1, 0.15) is 6.10 Å². The van der Waals surface area contributed by atoms with Crippen LogP contribution >= 0.6 is 0 Å². The van der Waals surface area contributed by atoms with Crippen molar-refractivity contribution < 1.29 is 9.90 Å². The minimum Gasteiger partial charge on any atom is -0.384 e. The topological polar surface area (TPSA) is 49.3 Å². The average Bonchev–Trinajstić information content (AvgIpc) is 1.82. The van der Waals surface area contributed by atoms with E-state index in [1.807, 2.05) is 6.92 Å². The minimum absolute atomic E-state index is 0.295. The van der Waals surface area contributed by atoms with Crippen molar-refractivity contribution in [2.24, 2.45) is 0 Å². The Bertz CT molecular complexity index is 91.1. The Labute approximate surface area is 55.1 Å². The first-order valence-electron chi connectivity index (χ1n) is 3.14. The number of carbonyl (C=O) groups is 1. The summed E-state index contributed by atoms with van der Waals surface area (Å²) in [6, 6.07) is 0. The van der Waals surface area contributed by atoms with Gasteiger partial charge in [-0.1, -0.05) is 6.92 Å². The molecule has 0 radical (unpaired) electrons. The summed E-state index contributed by atoms with van der Waals surface area (Å²) in [5.74, 6) is -0.295. The molecular formula is C6H13NO2. The third-order valence-corrected chi connectivity index (χ3v) is 0.929. The number of rotatable bonds is 3. The van der Waals surface area contributed by atoms with E-state index in [2.05, 4.69) is 5.32 Å². The number of amides is 1. The predicted molar refractivity (Wildman–Crippen MR) is 35.0 cm³/mol. The highest BCUT2D eigenvalue weighted by Gasteiger charge is 2.05. The molecular weight excluding hydrogens is 118 g/mol. The fraction of sp³-hybridized carbons (Fsp3) is 0.833. The van der Waals surface area contributed by atoms with Gasteiger partial charge in [-0.25, -0.2) is 0 Å². The van der Waals surface area contributed by atoms with Gasteiger partial charge in [0, 0.05) is 6.54 Å². The molecule has 0 aromatic heterocycles. The third-order valence-electron chi connectivity index (χ3n) is 0.929. The molecule has 0 saturated carbocycles. The van der Waals surface area contributed by atoms with Crippen molar-refractivity contribution >= 4 is 5.91 Å². The maximum atomic E-state index is 10.5. The molecule has 54 valence electrons. The summed E-state index contributed by atoms with van der Waals surface area (Å²) < 4.78 is 0. The molecule has 0 rings (SSSR count). The van der Waals surface area contributed by atoms with Crippen molar-refractivity contribution in [3.05, 3.63) is 0 Å². The molecule has 0 aliphatic heterocycles. The van der Waals surface area contributed by atoms with Gasteiger partial charge in [0.25, 0.3) is 0 Å². The van der Waals surface area contributed by atoms with Crippen LogP contribution in [0.15, 0.2) is 0 Å². The fourth-order valence-electron chi connectivity index (χ4n) is 0.396. The largest absolute Gasteiger partial charge is 0.384 e. The van der Waals surface area contributed by atoms with Crippen LogP contribution in [0.1, 0.15) is 20.3 Å². The van der Waals surface area contributed by atoms with Crippen LogP contribution in [0.3, 0.4) is 0 Å². The van der Waals surface area contributed by atoms with Gasteiger partial charge in [0.2, 0.25) is 5.91 Å². The van der Waals surface area contributed by atoms with Crippen molar-refractivity contribution in [3.8, 4) is 0 Å². The summed E-state index contributed by atoms with van der Waals surface area (Å²) >= 11 is 0. The molecule has 3 nitrogen and oxygen atoms in total. The Morgan fingerprint density at radius 2 is 2.33 bits per heavy atom. The van der Waals surface area contributed by atoms with Gasteiger partial charge in [-0.2, -0.15) is 0 Å². The zero-order chi connectivity index (χ0) is 7.28. The number of hydrogen-bond donors (Lipinski definition) is 2. The first-order chi connectivity index (χ1) is 4.18. The highest BCUT2D eigenvalue weighted by molar-refractivity contribution is 5.79. The summed E-state index contributed by atoms with van der Waals surface area (Å²) in [5, 5.41) is 11.2. The van der Waals surface area contributed by atoms with E-state index in [-0.39, 0.29) is 5.91 Å². The molecule has 2 N–H and O–H groups in total. The molecule has 0 spiro atoms. The second kappa shape index (κ2) is 4.32. The summed E-state index contributed by atoms with van der Waals surface area (Å²) in [6.45, 7) is 4.05. The molecule has 0 aliphatic carbocycles. The number of aliphatic hydroxyl groups is 1. The summed E-state index contributed by atoms with van der Waals surface area (Å²) in [6.07, 6.45) is 0.0231. The molecule has 1 amide bonds. The first-order valence-corrected chi connectivity index (χ1v) is 3.14. The molecule has 0 aliphatic rings. The quantitative estimate of drug-likeness (QED) is 0.561. The summed E-state index contributed by atoms with van der Waals surface area (Å²) in [7, 11) is 0. The number of hydrogen-bond acceptors (Lipinski definition) is 2. The minimum atomic E-state index is -0.878. The van der Waals surface area contributed by atoms with E-state index in [0.717, 1.165) is 6.42 Å². The summed E-state index contributed by atoms with van der Waals surface area (Å²) in [4.78, 5) is 10.5. The lowest BCUT2D eigenvalue weighted by Crippen LogP contribution is -2.32. The molecule has 1 atom stereocenters. The molecule has 3 heteroatoms. The number of nitrogens with one attached hydrogen (secondary N) is 1. The molecule has 0 bridgehead atoms. The van der Waals surface area contributed by atoms with Crippen molar-refractivity contribution in [1.82, 2.24) is 5.32 Å². The number of aliphatic hydroxyl groups excluding tert-OH is 1. The van der Waals surface area contributed by atoms with Crippen LogP contribution < -0.4 is 5.32 Å². The van der Waals surface area contributed by atoms with Gasteiger partial charge >= 0.3 is 0 Å². The van der Waals surface area contributed by atoms with Crippen LogP contribution in [0.5, 0.6) is 0 Å². The normalized spacial score (nSPS) is 12.8. The van der Waals surface area contributed by atoms with Crippen LogP contribution in [-0.2, 0) is 4.79 Å². The SMILES string of the molecule is CCCNC(=O)[C@H](C)O. The van der Waals surface area contributed by atoms with E-state index in [1.54, 1.807) is 0 Å². The smallest absolute Gasteiger partial charge is 0.248 e. The van der Waals surface area contributed by atoms with E-state index in [4.69, 9.17) is 5.11 Å². The zero-order valence-electron chi connectivity index (χ0n) is 5.85. The van der Waals surface area contributed by atoms with Crippen molar-refractivity contribution in [2.45, 2.75) is 26.4 Å². The monoisotopic (exact) mass is 131 g/mol. The highest BCUT2D eigenvalue weighted by Crippen LogP contribution is 1.78. The van der Waals surface area contributed by atoms with Gasteiger partial charge in [0.05, 0.1) is 0 Å². The Kier molecular flexibility index (Phi) is 4.05. The Hall–Kier alpha value is -0.570. The average molecular weight is 131 g/mol. The van der Waals surface area contributed by atoms with Gasteiger partial charge < -0.3 is 10.4 Å².